The molecule has 0 saturated carbocycles. The second-order valence-corrected chi connectivity index (χ2v) is 5.75. The van der Waals surface area contributed by atoms with Crippen molar-refractivity contribution in [3.8, 4) is 6.07 Å². The first kappa shape index (κ1) is 16.6. The van der Waals surface area contributed by atoms with E-state index in [2.05, 4.69) is 13.0 Å². The van der Waals surface area contributed by atoms with Gasteiger partial charge in [0, 0.05) is 18.8 Å². The van der Waals surface area contributed by atoms with Crippen LogP contribution in [0.15, 0.2) is 30.3 Å². The number of carbonyl (C=O) groups is 1. The molecule has 2 unspecified atom stereocenters. The van der Waals surface area contributed by atoms with Crippen LogP contribution in [0.4, 0.5) is 0 Å². The molecular weight excluding hydrogens is 268 g/mol. The minimum atomic E-state index is -0.599. The molecule has 0 aromatic heterocycles. The van der Waals surface area contributed by atoms with Gasteiger partial charge in [-0.3, -0.25) is 4.79 Å². The van der Waals surface area contributed by atoms with Crippen molar-refractivity contribution in [1.82, 2.24) is 4.90 Å². The molecule has 0 radical (unpaired) electrons. The lowest BCUT2D eigenvalue weighted by molar-refractivity contribution is -0.134. The molecular formula is C16H22N2OS. The molecule has 1 aromatic carbocycles. The van der Waals surface area contributed by atoms with Crippen LogP contribution in [0, 0.1) is 17.2 Å². The van der Waals surface area contributed by atoms with Gasteiger partial charge < -0.3 is 4.90 Å². The van der Waals surface area contributed by atoms with Crippen LogP contribution >= 0.6 is 11.8 Å². The van der Waals surface area contributed by atoms with Crippen LogP contribution in [-0.4, -0.2) is 35.9 Å². The maximum Gasteiger partial charge on any atom is 0.240 e. The average molecular weight is 290 g/mol. The van der Waals surface area contributed by atoms with Crippen LogP contribution in [0.25, 0.3) is 0 Å². The lowest BCUT2D eigenvalue weighted by Gasteiger charge is -2.28. The van der Waals surface area contributed by atoms with E-state index in [1.54, 1.807) is 16.7 Å². The van der Waals surface area contributed by atoms with E-state index >= 15 is 0 Å². The number of thioether (sulfide) groups is 1. The molecule has 3 nitrogen and oxygen atoms in total. The Hall–Kier alpha value is -1.47. The van der Waals surface area contributed by atoms with E-state index in [9.17, 15) is 10.1 Å². The van der Waals surface area contributed by atoms with Crippen molar-refractivity contribution in [3.05, 3.63) is 35.9 Å². The zero-order valence-electron chi connectivity index (χ0n) is 12.4. The molecule has 0 aliphatic rings. The van der Waals surface area contributed by atoms with Crippen LogP contribution in [0.2, 0.25) is 0 Å². The Morgan fingerprint density at radius 1 is 1.40 bits per heavy atom. The summed E-state index contributed by atoms with van der Waals surface area (Å²) in [6.07, 6.45) is 3.43. The summed E-state index contributed by atoms with van der Waals surface area (Å²) >= 11 is 1.73. The maximum absolute atomic E-state index is 12.4. The third-order valence-electron chi connectivity index (χ3n) is 3.46. The summed E-state index contributed by atoms with van der Waals surface area (Å²) < 4.78 is 0. The number of hydrogen-bond acceptors (Lipinski definition) is 3. The standard InChI is InChI=1S/C16H22N2OS/c1-4-15(12-20-3)18(2)16(19)14(11-17)10-13-8-6-5-7-9-13/h5-9,14-15H,4,10,12H2,1-3H3. The summed E-state index contributed by atoms with van der Waals surface area (Å²) in [7, 11) is 1.81. The van der Waals surface area contributed by atoms with Gasteiger partial charge in [-0.2, -0.15) is 17.0 Å². The predicted octanol–water partition coefficient (Wildman–Crippen LogP) is 2.97. The minimum absolute atomic E-state index is 0.0720. The smallest absolute Gasteiger partial charge is 0.240 e. The number of nitrogens with zero attached hydrogens (tertiary/aromatic N) is 2. The van der Waals surface area contributed by atoms with Gasteiger partial charge >= 0.3 is 0 Å². The highest BCUT2D eigenvalue weighted by molar-refractivity contribution is 7.98. The summed E-state index contributed by atoms with van der Waals surface area (Å²) in [5.41, 5.74) is 1.03. The van der Waals surface area contributed by atoms with Gasteiger partial charge in [0.2, 0.25) is 5.91 Å². The molecule has 1 amide bonds. The van der Waals surface area contributed by atoms with Crippen molar-refractivity contribution in [2.45, 2.75) is 25.8 Å². The second kappa shape index (κ2) is 8.65. The van der Waals surface area contributed by atoms with E-state index in [0.29, 0.717) is 6.42 Å². The third-order valence-corrected chi connectivity index (χ3v) is 4.18. The van der Waals surface area contributed by atoms with E-state index in [0.717, 1.165) is 17.7 Å². The van der Waals surface area contributed by atoms with Gasteiger partial charge in [-0.15, -0.1) is 0 Å². The molecule has 20 heavy (non-hydrogen) atoms. The van der Waals surface area contributed by atoms with Crippen LogP contribution in [-0.2, 0) is 11.2 Å². The van der Waals surface area contributed by atoms with Crippen molar-refractivity contribution in [2.24, 2.45) is 5.92 Å². The van der Waals surface area contributed by atoms with Crippen LogP contribution in [0.3, 0.4) is 0 Å². The number of benzene rings is 1. The van der Waals surface area contributed by atoms with Crippen molar-refractivity contribution < 1.29 is 4.79 Å². The fourth-order valence-electron chi connectivity index (χ4n) is 2.16. The highest BCUT2D eigenvalue weighted by Crippen LogP contribution is 2.15. The molecule has 0 saturated heterocycles. The van der Waals surface area contributed by atoms with Gasteiger partial charge in [-0.25, -0.2) is 0 Å². The van der Waals surface area contributed by atoms with E-state index in [1.807, 2.05) is 43.6 Å². The van der Waals surface area contributed by atoms with E-state index in [4.69, 9.17) is 0 Å². The fourth-order valence-corrected chi connectivity index (χ4v) is 3.00. The van der Waals surface area contributed by atoms with Gasteiger partial charge in [0.15, 0.2) is 0 Å². The first-order valence-corrected chi connectivity index (χ1v) is 8.22. The van der Waals surface area contributed by atoms with Crippen molar-refractivity contribution in [2.75, 3.05) is 19.1 Å². The number of hydrogen-bond donors (Lipinski definition) is 0. The lowest BCUT2D eigenvalue weighted by Crippen LogP contribution is -2.42. The SMILES string of the molecule is CCC(CSC)N(C)C(=O)C(C#N)Cc1ccccc1. The molecule has 108 valence electrons. The number of rotatable bonds is 7. The van der Waals surface area contributed by atoms with E-state index in [-0.39, 0.29) is 11.9 Å². The molecule has 4 heteroatoms. The first-order valence-electron chi connectivity index (χ1n) is 6.83. The molecule has 1 rings (SSSR count). The van der Waals surface area contributed by atoms with Gasteiger partial charge in [-0.05, 0) is 24.7 Å². The Labute approximate surface area is 126 Å². The molecule has 0 spiro atoms. The molecule has 0 fully saturated rings. The molecule has 0 aliphatic heterocycles. The molecule has 1 aromatic rings. The molecule has 0 N–H and O–H groups in total. The third kappa shape index (κ3) is 4.57. The zero-order chi connectivity index (χ0) is 15.0. The van der Waals surface area contributed by atoms with Crippen LogP contribution in [0.5, 0.6) is 0 Å². The Kier molecular flexibility index (Phi) is 7.17. The van der Waals surface area contributed by atoms with Gasteiger partial charge in [0.05, 0.1) is 6.07 Å². The Morgan fingerprint density at radius 2 is 2.05 bits per heavy atom. The quantitative estimate of drug-likeness (QED) is 0.775. The molecule has 2 atom stereocenters. The molecule has 0 aliphatic carbocycles. The van der Waals surface area contributed by atoms with Crippen molar-refractivity contribution in [3.63, 3.8) is 0 Å². The van der Waals surface area contributed by atoms with Gasteiger partial charge in [-0.1, -0.05) is 37.3 Å². The largest absolute Gasteiger partial charge is 0.341 e. The molecule has 0 heterocycles. The normalized spacial score (nSPS) is 13.3. The second-order valence-electron chi connectivity index (χ2n) is 4.84. The van der Waals surface area contributed by atoms with Gasteiger partial charge in [0.1, 0.15) is 5.92 Å². The zero-order valence-corrected chi connectivity index (χ0v) is 13.2. The minimum Gasteiger partial charge on any atom is -0.341 e. The van der Waals surface area contributed by atoms with Crippen LogP contribution in [0.1, 0.15) is 18.9 Å². The van der Waals surface area contributed by atoms with E-state index < -0.39 is 5.92 Å². The number of amides is 1. The summed E-state index contributed by atoms with van der Waals surface area (Å²) in [5, 5.41) is 9.29. The topological polar surface area (TPSA) is 44.1 Å². The van der Waals surface area contributed by atoms with Gasteiger partial charge in [0.25, 0.3) is 0 Å². The highest BCUT2D eigenvalue weighted by atomic mass is 32.2. The van der Waals surface area contributed by atoms with E-state index in [1.165, 1.54) is 0 Å². The van der Waals surface area contributed by atoms with Crippen LogP contribution < -0.4 is 0 Å². The van der Waals surface area contributed by atoms with Crippen molar-refractivity contribution >= 4 is 17.7 Å². The Balaban J connectivity index is 2.74. The lowest BCUT2D eigenvalue weighted by atomic mass is 9.98. The first-order chi connectivity index (χ1) is 9.63. The summed E-state index contributed by atoms with van der Waals surface area (Å²) in [5.74, 6) is 0.234. The predicted molar refractivity (Wildman–Crippen MR) is 84.5 cm³/mol. The summed E-state index contributed by atoms with van der Waals surface area (Å²) in [6, 6.07) is 12.1. The van der Waals surface area contributed by atoms with Crippen molar-refractivity contribution in [1.29, 1.82) is 5.26 Å². The monoisotopic (exact) mass is 290 g/mol. The Bertz CT molecular complexity index is 455. The maximum atomic E-state index is 12.4. The fraction of sp³-hybridized carbons (Fsp3) is 0.500. The highest BCUT2D eigenvalue weighted by Gasteiger charge is 2.26. The Morgan fingerprint density at radius 3 is 2.55 bits per heavy atom. The number of carbonyl (C=O) groups excluding carboxylic acids is 1. The number of nitriles is 1. The summed E-state index contributed by atoms with van der Waals surface area (Å²) in [6.45, 7) is 2.07. The average Bonchev–Trinajstić information content (AvgIpc) is 2.50. The summed E-state index contributed by atoms with van der Waals surface area (Å²) in [4.78, 5) is 14.2. The molecule has 0 bridgehead atoms.